The molecule has 0 bridgehead atoms. The smallest absolute Gasteiger partial charge is 0.321 e. The average Bonchev–Trinajstić information content (AvgIpc) is 2.53. The van der Waals surface area contributed by atoms with Gasteiger partial charge in [-0.3, -0.25) is 19.2 Å². The van der Waals surface area contributed by atoms with Crippen LogP contribution in [0.2, 0.25) is 0 Å². The first-order chi connectivity index (χ1) is 7.88. The van der Waals surface area contributed by atoms with E-state index in [2.05, 4.69) is 4.74 Å². The second kappa shape index (κ2) is 3.54. The van der Waals surface area contributed by atoms with Crippen LogP contribution in [-0.4, -0.2) is 34.1 Å². The minimum absolute atomic E-state index is 0.0494. The maximum atomic E-state index is 11.3. The van der Waals surface area contributed by atoms with Crippen LogP contribution in [0.3, 0.4) is 0 Å². The lowest BCUT2D eigenvalue weighted by atomic mass is 9.66. The quantitative estimate of drug-likeness (QED) is 0.501. The second-order valence-electron chi connectivity index (χ2n) is 4.39. The van der Waals surface area contributed by atoms with Crippen molar-refractivity contribution in [1.29, 1.82) is 0 Å². The normalized spacial score (nSPS) is 30.6. The first-order valence-corrected chi connectivity index (χ1v) is 5.11. The largest absolute Gasteiger partial charge is 0.480 e. The van der Waals surface area contributed by atoms with Gasteiger partial charge in [0.05, 0.1) is 11.8 Å². The number of carbonyl (C=O) groups excluding carboxylic acids is 2. The van der Waals surface area contributed by atoms with Gasteiger partial charge < -0.3 is 14.9 Å². The number of hydrogen-bond donors (Lipinski definition) is 2. The summed E-state index contributed by atoms with van der Waals surface area (Å²) >= 11 is 0. The Balaban J connectivity index is 2.32. The molecule has 2 fully saturated rings. The Bertz CT molecular complexity index is 410. The first-order valence-electron chi connectivity index (χ1n) is 5.11. The van der Waals surface area contributed by atoms with Crippen LogP contribution in [0, 0.1) is 17.3 Å². The molecular formula is C10H10O7. The second-order valence-corrected chi connectivity index (χ2v) is 4.39. The highest BCUT2D eigenvalue weighted by atomic mass is 16.6. The van der Waals surface area contributed by atoms with E-state index in [1.807, 2.05) is 0 Å². The number of carboxylic acid groups (broad SMARTS) is 2. The van der Waals surface area contributed by atoms with E-state index in [-0.39, 0.29) is 19.3 Å². The molecule has 1 aliphatic heterocycles. The van der Waals surface area contributed by atoms with Gasteiger partial charge in [0.2, 0.25) is 0 Å². The van der Waals surface area contributed by atoms with Crippen LogP contribution in [0.25, 0.3) is 0 Å². The van der Waals surface area contributed by atoms with Crippen molar-refractivity contribution in [3.63, 3.8) is 0 Å². The van der Waals surface area contributed by atoms with Crippen LogP contribution >= 0.6 is 0 Å². The molecule has 2 N–H and O–H groups in total. The van der Waals surface area contributed by atoms with Crippen molar-refractivity contribution >= 4 is 23.9 Å². The molecule has 2 aliphatic rings. The maximum absolute atomic E-state index is 11.3. The van der Waals surface area contributed by atoms with Crippen molar-refractivity contribution in [3.8, 4) is 0 Å². The van der Waals surface area contributed by atoms with E-state index in [1.54, 1.807) is 0 Å². The molecule has 7 heteroatoms. The lowest BCUT2D eigenvalue weighted by Gasteiger charge is -2.33. The van der Waals surface area contributed by atoms with Gasteiger partial charge in [-0.05, 0) is 19.3 Å². The van der Waals surface area contributed by atoms with Gasteiger partial charge in [-0.15, -0.1) is 0 Å². The highest BCUT2D eigenvalue weighted by molar-refractivity contribution is 6.02. The van der Waals surface area contributed by atoms with E-state index in [1.165, 1.54) is 0 Å². The van der Waals surface area contributed by atoms with Crippen molar-refractivity contribution < 1.29 is 34.1 Å². The van der Waals surface area contributed by atoms with E-state index in [0.29, 0.717) is 0 Å². The standard InChI is InChI=1S/C10H10O7/c11-6-4-1-2-10(8(13)14,9(15)16)3-5(4)7(12)17-6/h4-5H,1-3H2,(H,13,14)(H,15,16). The zero-order valence-corrected chi connectivity index (χ0v) is 8.71. The fourth-order valence-electron chi connectivity index (χ4n) is 2.48. The van der Waals surface area contributed by atoms with E-state index in [9.17, 15) is 19.2 Å². The SMILES string of the molecule is O=C1OC(=O)C2CC(C(=O)O)(C(=O)O)CCC12. The summed E-state index contributed by atoms with van der Waals surface area (Å²) in [5, 5.41) is 18.0. The molecule has 0 aromatic carbocycles. The average molecular weight is 242 g/mol. The topological polar surface area (TPSA) is 118 Å². The number of carbonyl (C=O) groups is 4. The van der Waals surface area contributed by atoms with E-state index in [0.717, 1.165) is 0 Å². The summed E-state index contributed by atoms with van der Waals surface area (Å²) in [7, 11) is 0. The van der Waals surface area contributed by atoms with Crippen molar-refractivity contribution in [2.45, 2.75) is 19.3 Å². The third-order valence-corrected chi connectivity index (χ3v) is 3.56. The Labute approximate surface area is 95.4 Å². The van der Waals surface area contributed by atoms with Crippen LogP contribution in [0.1, 0.15) is 19.3 Å². The summed E-state index contributed by atoms with van der Waals surface area (Å²) in [5.74, 6) is -6.07. The van der Waals surface area contributed by atoms with Crippen LogP contribution in [0.4, 0.5) is 0 Å². The molecule has 7 nitrogen and oxygen atoms in total. The molecule has 0 aromatic rings. The van der Waals surface area contributed by atoms with Crippen LogP contribution in [0.15, 0.2) is 0 Å². The molecule has 0 amide bonds. The molecule has 0 spiro atoms. The molecule has 0 aromatic heterocycles. The highest BCUT2D eigenvalue weighted by Gasteiger charge is 2.58. The lowest BCUT2D eigenvalue weighted by molar-refractivity contribution is -0.170. The molecule has 1 saturated heterocycles. The third kappa shape index (κ3) is 1.49. The van der Waals surface area contributed by atoms with Gasteiger partial charge in [-0.2, -0.15) is 0 Å². The Hall–Kier alpha value is -1.92. The molecule has 0 radical (unpaired) electrons. The number of cyclic esters (lactones) is 2. The Morgan fingerprint density at radius 3 is 2.18 bits per heavy atom. The molecule has 2 rings (SSSR count). The van der Waals surface area contributed by atoms with E-state index >= 15 is 0 Å². The minimum Gasteiger partial charge on any atom is -0.480 e. The maximum Gasteiger partial charge on any atom is 0.321 e. The number of aliphatic carboxylic acids is 2. The number of carboxylic acids is 2. The summed E-state index contributed by atoms with van der Waals surface area (Å²) in [5.41, 5.74) is -1.98. The number of hydrogen-bond acceptors (Lipinski definition) is 5. The van der Waals surface area contributed by atoms with Crippen molar-refractivity contribution in [2.75, 3.05) is 0 Å². The Morgan fingerprint density at radius 2 is 1.65 bits per heavy atom. The van der Waals surface area contributed by atoms with Crippen LogP contribution < -0.4 is 0 Å². The molecule has 1 heterocycles. The Kier molecular flexibility index (Phi) is 2.41. The Morgan fingerprint density at radius 1 is 1.12 bits per heavy atom. The van der Waals surface area contributed by atoms with Gasteiger partial charge in [0.1, 0.15) is 0 Å². The molecule has 92 valence electrons. The number of esters is 2. The monoisotopic (exact) mass is 242 g/mol. The van der Waals surface area contributed by atoms with Crippen molar-refractivity contribution in [1.82, 2.24) is 0 Å². The predicted molar refractivity (Wildman–Crippen MR) is 49.6 cm³/mol. The predicted octanol–water partition coefficient (Wildman–Crippen LogP) is -0.358. The van der Waals surface area contributed by atoms with Gasteiger partial charge in [-0.25, -0.2) is 0 Å². The minimum atomic E-state index is -1.98. The van der Waals surface area contributed by atoms with Gasteiger partial charge in [0.15, 0.2) is 5.41 Å². The van der Waals surface area contributed by atoms with Crippen molar-refractivity contribution in [3.05, 3.63) is 0 Å². The van der Waals surface area contributed by atoms with Gasteiger partial charge in [0, 0.05) is 0 Å². The number of rotatable bonds is 2. The lowest BCUT2D eigenvalue weighted by Crippen LogP contribution is -2.46. The highest BCUT2D eigenvalue weighted by Crippen LogP contribution is 2.46. The fourth-order valence-corrected chi connectivity index (χ4v) is 2.48. The van der Waals surface area contributed by atoms with Gasteiger partial charge in [-0.1, -0.05) is 0 Å². The molecule has 17 heavy (non-hydrogen) atoms. The van der Waals surface area contributed by atoms with Crippen LogP contribution in [-0.2, 0) is 23.9 Å². The van der Waals surface area contributed by atoms with Crippen LogP contribution in [0.5, 0.6) is 0 Å². The molecular weight excluding hydrogens is 232 g/mol. The fraction of sp³-hybridized carbons (Fsp3) is 0.600. The molecule has 2 atom stereocenters. The summed E-state index contributed by atoms with van der Waals surface area (Å²) in [6.07, 6.45) is -0.498. The molecule has 2 unspecified atom stereocenters. The zero-order chi connectivity index (χ0) is 12.8. The van der Waals surface area contributed by atoms with E-state index < -0.39 is 41.1 Å². The first kappa shape index (κ1) is 11.6. The third-order valence-electron chi connectivity index (χ3n) is 3.56. The van der Waals surface area contributed by atoms with E-state index in [4.69, 9.17) is 10.2 Å². The summed E-state index contributed by atoms with van der Waals surface area (Å²) in [4.78, 5) is 44.7. The summed E-state index contributed by atoms with van der Waals surface area (Å²) < 4.78 is 4.40. The summed E-state index contributed by atoms with van der Waals surface area (Å²) in [6.45, 7) is 0. The summed E-state index contributed by atoms with van der Waals surface area (Å²) in [6, 6.07) is 0. The van der Waals surface area contributed by atoms with Crippen molar-refractivity contribution in [2.24, 2.45) is 17.3 Å². The van der Waals surface area contributed by atoms with Gasteiger partial charge >= 0.3 is 23.9 Å². The zero-order valence-electron chi connectivity index (χ0n) is 8.71. The number of ether oxygens (including phenoxy) is 1. The number of fused-ring (bicyclic) bond motifs is 1. The van der Waals surface area contributed by atoms with Gasteiger partial charge in [0.25, 0.3) is 0 Å². The molecule has 1 aliphatic carbocycles. The molecule has 1 saturated carbocycles.